The van der Waals surface area contributed by atoms with Gasteiger partial charge in [0, 0.05) is 19.6 Å². The summed E-state index contributed by atoms with van der Waals surface area (Å²) in [5, 5.41) is 8.17. The fourth-order valence-corrected chi connectivity index (χ4v) is 3.80. The van der Waals surface area contributed by atoms with Gasteiger partial charge in [-0.3, -0.25) is 9.58 Å². The van der Waals surface area contributed by atoms with Gasteiger partial charge in [-0.2, -0.15) is 5.10 Å². The molecule has 1 aliphatic heterocycles. The van der Waals surface area contributed by atoms with Crippen LogP contribution < -0.4 is 5.32 Å². The summed E-state index contributed by atoms with van der Waals surface area (Å²) in [5.74, 6) is 0.841. The molecule has 0 aliphatic carbocycles. The smallest absolute Gasteiger partial charge is 0.0767 e. The lowest BCUT2D eigenvalue weighted by Gasteiger charge is -2.29. The summed E-state index contributed by atoms with van der Waals surface area (Å²) >= 11 is 3.77. The van der Waals surface area contributed by atoms with Gasteiger partial charge in [-0.05, 0) is 67.7 Å². The highest BCUT2D eigenvalue weighted by Gasteiger charge is 2.20. The second kappa shape index (κ2) is 8.30. The lowest BCUT2D eigenvalue weighted by Crippen LogP contribution is -2.36. The molecule has 1 aromatic rings. The van der Waals surface area contributed by atoms with E-state index in [1.54, 1.807) is 0 Å². The van der Waals surface area contributed by atoms with Crippen LogP contribution in [0.4, 0.5) is 0 Å². The first-order valence-corrected chi connectivity index (χ1v) is 9.15. The van der Waals surface area contributed by atoms with E-state index in [-0.39, 0.29) is 0 Å². The van der Waals surface area contributed by atoms with E-state index >= 15 is 0 Å². The third kappa shape index (κ3) is 4.30. The normalized spacial score (nSPS) is 16.8. The first-order valence-electron chi connectivity index (χ1n) is 8.36. The number of piperidine rings is 1. The topological polar surface area (TPSA) is 33.1 Å². The molecule has 0 aromatic carbocycles. The number of rotatable bonds is 7. The van der Waals surface area contributed by atoms with Crippen molar-refractivity contribution in [2.24, 2.45) is 5.92 Å². The van der Waals surface area contributed by atoms with Crippen LogP contribution in [0.2, 0.25) is 0 Å². The lowest BCUT2D eigenvalue weighted by molar-refractivity contribution is 0.202. The number of nitrogens with one attached hydrogen (secondary N) is 1. The summed E-state index contributed by atoms with van der Waals surface area (Å²) in [5.41, 5.74) is 2.52. The lowest BCUT2D eigenvalue weighted by atomic mass is 9.97. The maximum Gasteiger partial charge on any atom is 0.0767 e. The predicted octanol–water partition coefficient (Wildman–Crippen LogP) is 3.05. The van der Waals surface area contributed by atoms with Gasteiger partial charge < -0.3 is 5.32 Å². The Morgan fingerprint density at radius 3 is 2.57 bits per heavy atom. The third-order valence-corrected chi connectivity index (χ3v) is 5.41. The van der Waals surface area contributed by atoms with Gasteiger partial charge in [-0.15, -0.1) is 0 Å². The quantitative estimate of drug-likeness (QED) is 0.814. The van der Waals surface area contributed by atoms with E-state index in [0.717, 1.165) is 32.0 Å². The number of hydrogen-bond acceptors (Lipinski definition) is 3. The molecule has 1 aliphatic rings. The highest BCUT2D eigenvalue weighted by atomic mass is 79.9. The van der Waals surface area contributed by atoms with Gasteiger partial charge in [-0.1, -0.05) is 13.8 Å². The Bertz CT molecular complexity index is 438. The van der Waals surface area contributed by atoms with Crippen molar-refractivity contribution in [2.75, 3.05) is 26.2 Å². The van der Waals surface area contributed by atoms with Crippen LogP contribution in [0.25, 0.3) is 0 Å². The molecular weight excluding hydrogens is 328 g/mol. The zero-order valence-corrected chi connectivity index (χ0v) is 15.2. The highest BCUT2D eigenvalue weighted by Crippen LogP contribution is 2.24. The zero-order valence-electron chi connectivity index (χ0n) is 13.7. The molecule has 1 N–H and O–H groups in total. The molecular formula is C16H29BrN4. The van der Waals surface area contributed by atoms with E-state index in [0.29, 0.717) is 0 Å². The standard InChI is InChI=1S/C16H29BrN4/c1-4-14-16(17)15(21(6-3)19-14)12-20(5-2)11-13-7-9-18-10-8-13/h13,18H,4-12H2,1-3H3. The minimum Gasteiger partial charge on any atom is -0.317 e. The van der Waals surface area contributed by atoms with Crippen molar-refractivity contribution in [3.63, 3.8) is 0 Å². The number of aromatic nitrogens is 2. The van der Waals surface area contributed by atoms with Gasteiger partial charge in [-0.25, -0.2) is 0 Å². The Kier molecular flexibility index (Phi) is 6.71. The van der Waals surface area contributed by atoms with Crippen molar-refractivity contribution in [1.82, 2.24) is 20.0 Å². The summed E-state index contributed by atoms with van der Waals surface area (Å²) in [7, 11) is 0. The van der Waals surface area contributed by atoms with Crippen LogP contribution in [0.15, 0.2) is 4.47 Å². The second-order valence-electron chi connectivity index (χ2n) is 5.90. The molecule has 0 bridgehead atoms. The van der Waals surface area contributed by atoms with Gasteiger partial charge in [0.25, 0.3) is 0 Å². The van der Waals surface area contributed by atoms with E-state index in [9.17, 15) is 0 Å². The van der Waals surface area contributed by atoms with Crippen LogP contribution in [0.5, 0.6) is 0 Å². The van der Waals surface area contributed by atoms with Gasteiger partial charge in [0.05, 0.1) is 15.9 Å². The van der Waals surface area contributed by atoms with Crippen LogP contribution in [-0.4, -0.2) is 40.9 Å². The maximum atomic E-state index is 4.71. The molecule has 2 rings (SSSR count). The summed E-state index contributed by atoms with van der Waals surface area (Å²) in [6.07, 6.45) is 3.61. The minimum absolute atomic E-state index is 0.841. The largest absolute Gasteiger partial charge is 0.317 e. The Morgan fingerprint density at radius 1 is 1.29 bits per heavy atom. The fourth-order valence-electron chi connectivity index (χ4n) is 3.12. The molecule has 1 aromatic heterocycles. The second-order valence-corrected chi connectivity index (χ2v) is 6.69. The van der Waals surface area contributed by atoms with E-state index in [1.165, 1.54) is 48.3 Å². The van der Waals surface area contributed by atoms with Crippen LogP contribution in [0.1, 0.15) is 45.0 Å². The first-order chi connectivity index (χ1) is 10.2. The monoisotopic (exact) mass is 356 g/mol. The Hall–Kier alpha value is -0.390. The Labute approximate surface area is 137 Å². The number of aryl methyl sites for hydroxylation is 2. The van der Waals surface area contributed by atoms with Crippen LogP contribution in [0.3, 0.4) is 0 Å². The van der Waals surface area contributed by atoms with Gasteiger partial charge >= 0.3 is 0 Å². The Morgan fingerprint density at radius 2 is 2.00 bits per heavy atom. The molecule has 0 unspecified atom stereocenters. The van der Waals surface area contributed by atoms with E-state index in [1.807, 2.05) is 0 Å². The van der Waals surface area contributed by atoms with Crippen molar-refractivity contribution in [2.45, 2.75) is 53.1 Å². The Balaban J connectivity index is 2.05. The zero-order chi connectivity index (χ0) is 15.2. The molecule has 0 spiro atoms. The SMILES string of the molecule is CCc1nn(CC)c(CN(CC)CC2CCNCC2)c1Br. The van der Waals surface area contributed by atoms with Crippen molar-refractivity contribution in [1.29, 1.82) is 0 Å². The molecule has 0 atom stereocenters. The molecule has 21 heavy (non-hydrogen) atoms. The third-order valence-electron chi connectivity index (χ3n) is 4.49. The molecule has 2 heterocycles. The predicted molar refractivity (Wildman–Crippen MR) is 91.5 cm³/mol. The molecule has 0 saturated carbocycles. The minimum atomic E-state index is 0.841. The molecule has 120 valence electrons. The molecule has 1 saturated heterocycles. The molecule has 0 radical (unpaired) electrons. The first kappa shape index (κ1) is 17.0. The van der Waals surface area contributed by atoms with Gasteiger partial charge in [0.1, 0.15) is 0 Å². The van der Waals surface area contributed by atoms with Crippen molar-refractivity contribution in [3.8, 4) is 0 Å². The fraction of sp³-hybridized carbons (Fsp3) is 0.812. The average molecular weight is 357 g/mol. The summed E-state index contributed by atoms with van der Waals surface area (Å²) in [4.78, 5) is 2.57. The number of nitrogens with zero attached hydrogens (tertiary/aromatic N) is 3. The van der Waals surface area contributed by atoms with Crippen LogP contribution >= 0.6 is 15.9 Å². The maximum absolute atomic E-state index is 4.71. The van der Waals surface area contributed by atoms with E-state index < -0.39 is 0 Å². The van der Waals surface area contributed by atoms with Crippen molar-refractivity contribution < 1.29 is 0 Å². The van der Waals surface area contributed by atoms with Crippen molar-refractivity contribution >= 4 is 15.9 Å². The van der Waals surface area contributed by atoms with Crippen LogP contribution in [-0.2, 0) is 19.5 Å². The summed E-state index contributed by atoms with van der Waals surface area (Å²) in [6.45, 7) is 13.2. The van der Waals surface area contributed by atoms with Gasteiger partial charge in [0.15, 0.2) is 0 Å². The van der Waals surface area contributed by atoms with E-state index in [2.05, 4.69) is 51.6 Å². The number of hydrogen-bond donors (Lipinski definition) is 1. The summed E-state index contributed by atoms with van der Waals surface area (Å²) < 4.78 is 3.38. The van der Waals surface area contributed by atoms with Crippen LogP contribution in [0, 0.1) is 5.92 Å². The number of halogens is 1. The van der Waals surface area contributed by atoms with E-state index in [4.69, 9.17) is 5.10 Å². The average Bonchev–Trinajstić information content (AvgIpc) is 2.83. The summed E-state index contributed by atoms with van der Waals surface area (Å²) in [6, 6.07) is 0. The molecule has 0 amide bonds. The van der Waals surface area contributed by atoms with Gasteiger partial charge in [0.2, 0.25) is 0 Å². The molecule has 5 heteroatoms. The highest BCUT2D eigenvalue weighted by molar-refractivity contribution is 9.10. The molecule has 4 nitrogen and oxygen atoms in total. The molecule has 1 fully saturated rings. The van der Waals surface area contributed by atoms with Crippen molar-refractivity contribution in [3.05, 3.63) is 15.9 Å².